The first kappa shape index (κ1) is 27.2. The van der Waals surface area contributed by atoms with Crippen LogP contribution in [0.25, 0.3) is 0 Å². The molecule has 2 aliphatic heterocycles. The maximum Gasteiger partial charge on any atom is 0.248 e. The summed E-state index contributed by atoms with van der Waals surface area (Å²) in [6.45, 7) is 7.23. The van der Waals surface area contributed by atoms with E-state index in [0.717, 1.165) is 42.3 Å². The number of hydrogen-bond donors (Lipinski definition) is 1. The quantitative estimate of drug-likeness (QED) is 0.448. The highest BCUT2D eigenvalue weighted by Gasteiger charge is 2.43. The van der Waals surface area contributed by atoms with Gasteiger partial charge in [-0.05, 0) is 64.0 Å². The molecule has 1 amide bonds. The van der Waals surface area contributed by atoms with Crippen molar-refractivity contribution in [3.63, 3.8) is 0 Å². The molecule has 1 aliphatic carbocycles. The first-order valence-electron chi connectivity index (χ1n) is 14.0. The molecule has 7 nitrogen and oxygen atoms in total. The third-order valence-electron chi connectivity index (χ3n) is 8.79. The van der Waals surface area contributed by atoms with Gasteiger partial charge in [-0.2, -0.15) is 5.26 Å². The summed E-state index contributed by atoms with van der Waals surface area (Å²) in [5, 5.41) is 21.4. The molecule has 3 fully saturated rings. The Labute approximate surface area is 227 Å². The van der Waals surface area contributed by atoms with Crippen LogP contribution in [-0.2, 0) is 4.79 Å². The number of aryl methyl sites for hydroxylation is 1. The summed E-state index contributed by atoms with van der Waals surface area (Å²) in [6.07, 6.45) is 5.21. The molecule has 0 radical (unpaired) electrons. The van der Waals surface area contributed by atoms with E-state index in [0.29, 0.717) is 28.9 Å². The molecule has 5 rings (SSSR count). The summed E-state index contributed by atoms with van der Waals surface area (Å²) >= 11 is 1.41. The average Bonchev–Trinajstić information content (AvgIpc) is 3.57. The van der Waals surface area contributed by atoms with Crippen LogP contribution in [0.3, 0.4) is 0 Å². The van der Waals surface area contributed by atoms with Crippen LogP contribution < -0.4 is 5.32 Å². The van der Waals surface area contributed by atoms with E-state index in [2.05, 4.69) is 44.9 Å². The van der Waals surface area contributed by atoms with Crippen molar-refractivity contribution >= 4 is 17.2 Å². The lowest BCUT2D eigenvalue weighted by atomic mass is 9.86. The Balaban J connectivity index is 1.25. The van der Waals surface area contributed by atoms with Crippen LogP contribution in [0.2, 0.25) is 0 Å². The number of aromatic nitrogens is 3. The molecule has 0 spiro atoms. The van der Waals surface area contributed by atoms with Gasteiger partial charge in [0.1, 0.15) is 22.6 Å². The summed E-state index contributed by atoms with van der Waals surface area (Å²) in [7, 11) is 0. The highest BCUT2D eigenvalue weighted by Crippen LogP contribution is 2.43. The van der Waals surface area contributed by atoms with Crippen molar-refractivity contribution < 1.29 is 13.6 Å². The number of nitrogens with zero attached hydrogens (tertiary/aromatic N) is 5. The van der Waals surface area contributed by atoms with Crippen LogP contribution in [0.1, 0.15) is 111 Å². The zero-order valence-corrected chi connectivity index (χ0v) is 23.3. The predicted molar refractivity (Wildman–Crippen MR) is 142 cm³/mol. The van der Waals surface area contributed by atoms with Crippen LogP contribution in [0.15, 0.2) is 12.1 Å². The van der Waals surface area contributed by atoms with Gasteiger partial charge in [0, 0.05) is 54.2 Å². The minimum atomic E-state index is -2.65. The molecule has 2 bridgehead atoms. The molecule has 2 saturated heterocycles. The average molecular weight is 545 g/mol. The molecule has 10 heteroatoms. The van der Waals surface area contributed by atoms with Crippen LogP contribution in [0, 0.1) is 24.2 Å². The highest BCUT2D eigenvalue weighted by atomic mass is 32.1. The van der Waals surface area contributed by atoms with E-state index in [1.54, 1.807) is 6.07 Å². The van der Waals surface area contributed by atoms with E-state index >= 15 is 0 Å². The van der Waals surface area contributed by atoms with Gasteiger partial charge >= 0.3 is 0 Å². The minimum Gasteiger partial charge on any atom is -0.348 e. The number of alkyl halides is 2. The maximum absolute atomic E-state index is 13.6. The number of carbonyl (C=O) groups is 1. The monoisotopic (exact) mass is 544 g/mol. The summed E-state index contributed by atoms with van der Waals surface area (Å²) < 4.78 is 29.6. The first-order valence-corrected chi connectivity index (χ1v) is 14.8. The molecule has 206 valence electrons. The summed E-state index contributed by atoms with van der Waals surface area (Å²) in [6, 6.07) is 7.06. The fraction of sp³-hybridized carbons (Fsp3) is 0.714. The molecule has 1 N–H and O–H groups in total. The number of halogens is 2. The number of fused-ring (bicyclic) bond motifs is 2. The number of hydrogen-bond acceptors (Lipinski definition) is 6. The van der Waals surface area contributed by atoms with Gasteiger partial charge in [-0.3, -0.25) is 9.69 Å². The smallest absolute Gasteiger partial charge is 0.248 e. The highest BCUT2D eigenvalue weighted by molar-refractivity contribution is 7.12. The number of carbonyl (C=O) groups excluding carboxylic acids is 1. The Kier molecular flexibility index (Phi) is 7.88. The predicted octanol–water partition coefficient (Wildman–Crippen LogP) is 5.88. The summed E-state index contributed by atoms with van der Waals surface area (Å²) in [5.41, 5.74) is 0. The molecule has 2 aromatic rings. The maximum atomic E-state index is 13.6. The van der Waals surface area contributed by atoms with Gasteiger partial charge in [0.15, 0.2) is 0 Å². The van der Waals surface area contributed by atoms with Crippen molar-refractivity contribution in [3.8, 4) is 6.07 Å². The van der Waals surface area contributed by atoms with Gasteiger partial charge in [0.25, 0.3) is 0 Å². The number of thiophene rings is 1. The second-order valence-electron chi connectivity index (χ2n) is 11.7. The lowest BCUT2D eigenvalue weighted by Crippen LogP contribution is -2.45. The first-order chi connectivity index (χ1) is 18.1. The molecule has 3 aliphatic rings. The van der Waals surface area contributed by atoms with E-state index < -0.39 is 5.92 Å². The van der Waals surface area contributed by atoms with Gasteiger partial charge in [-0.25, -0.2) is 8.78 Å². The van der Waals surface area contributed by atoms with Crippen molar-refractivity contribution in [1.82, 2.24) is 25.0 Å². The third kappa shape index (κ3) is 5.64. The van der Waals surface area contributed by atoms with Crippen molar-refractivity contribution in [2.24, 2.45) is 5.92 Å². The molecule has 0 aromatic carbocycles. The lowest BCUT2D eigenvalue weighted by Gasteiger charge is -2.40. The molecule has 1 saturated carbocycles. The van der Waals surface area contributed by atoms with E-state index in [9.17, 15) is 18.8 Å². The van der Waals surface area contributed by atoms with Gasteiger partial charge in [-0.15, -0.1) is 21.5 Å². The molecule has 2 aromatic heterocycles. The zero-order chi connectivity index (χ0) is 27.0. The van der Waals surface area contributed by atoms with Crippen molar-refractivity contribution in [2.45, 2.75) is 115 Å². The standard InChI is InChI=1S/C28H38F2N6OS/c1-17(2)26-34-33-18(3)36(26)22-14-20-4-5-21(15-22)35(20)13-10-24(25-7-6-23(16-31)38-25)32-27(37)19-8-11-28(29,30)12-9-19/h6-7,17,19-22,24H,4-5,8-15H2,1-3H3,(H,32,37)/t20-,21+,22-,24-/m0/s1. The number of nitrogens with one attached hydrogen (secondary N) is 1. The van der Waals surface area contributed by atoms with E-state index in [1.807, 2.05) is 13.0 Å². The van der Waals surface area contributed by atoms with Crippen molar-refractivity contribution in [2.75, 3.05) is 6.54 Å². The Hall–Kier alpha value is -2.38. The molecule has 4 atom stereocenters. The van der Waals surface area contributed by atoms with Gasteiger partial charge in [0.05, 0.1) is 6.04 Å². The van der Waals surface area contributed by atoms with Crippen LogP contribution in [0.5, 0.6) is 0 Å². The van der Waals surface area contributed by atoms with Gasteiger partial charge in [-0.1, -0.05) is 13.8 Å². The lowest BCUT2D eigenvalue weighted by molar-refractivity contribution is -0.130. The second-order valence-corrected chi connectivity index (χ2v) is 12.8. The van der Waals surface area contributed by atoms with E-state index in [1.165, 1.54) is 24.2 Å². The Morgan fingerprint density at radius 1 is 1.16 bits per heavy atom. The number of amides is 1. The number of piperidine rings is 1. The fourth-order valence-corrected chi connectivity index (χ4v) is 7.70. The minimum absolute atomic E-state index is 0.136. The molecular formula is C28H38F2N6OS. The topological polar surface area (TPSA) is 86.8 Å². The summed E-state index contributed by atoms with van der Waals surface area (Å²) in [4.78, 5) is 17.3. The summed E-state index contributed by atoms with van der Waals surface area (Å²) in [5.74, 6) is -0.783. The van der Waals surface area contributed by atoms with Crippen LogP contribution in [0.4, 0.5) is 8.78 Å². The molecule has 4 heterocycles. The van der Waals surface area contributed by atoms with Gasteiger partial charge in [0.2, 0.25) is 11.8 Å². The fourth-order valence-electron chi connectivity index (χ4n) is 6.81. The normalized spacial score (nSPS) is 26.4. The van der Waals surface area contributed by atoms with E-state index in [4.69, 9.17) is 0 Å². The largest absolute Gasteiger partial charge is 0.348 e. The molecule has 0 unspecified atom stereocenters. The van der Waals surface area contributed by atoms with Crippen LogP contribution in [-0.4, -0.2) is 50.1 Å². The Morgan fingerprint density at radius 2 is 1.84 bits per heavy atom. The Bertz CT molecular complexity index is 1160. The molecule has 38 heavy (non-hydrogen) atoms. The van der Waals surface area contributed by atoms with Crippen LogP contribution >= 0.6 is 11.3 Å². The number of nitriles is 1. The molecular weight excluding hydrogens is 506 g/mol. The SMILES string of the molecule is Cc1nnc(C(C)C)n1[C@@H]1C[C@H]2CC[C@@H](C1)N2CC[C@H](NC(=O)C1CCC(F)(F)CC1)c1ccc(C#N)s1. The van der Waals surface area contributed by atoms with Gasteiger partial charge < -0.3 is 9.88 Å². The third-order valence-corrected chi connectivity index (χ3v) is 9.90. The van der Waals surface area contributed by atoms with Crippen molar-refractivity contribution in [1.29, 1.82) is 5.26 Å². The zero-order valence-electron chi connectivity index (χ0n) is 22.5. The van der Waals surface area contributed by atoms with Crippen molar-refractivity contribution in [3.05, 3.63) is 33.5 Å². The number of rotatable bonds is 8. The van der Waals surface area contributed by atoms with E-state index in [-0.39, 0.29) is 43.6 Å². The Morgan fingerprint density at radius 3 is 2.45 bits per heavy atom. The second kappa shape index (κ2) is 11.0.